The third-order valence-electron chi connectivity index (χ3n) is 1.55. The smallest absolute Gasteiger partial charge is 0.332 e. The van der Waals surface area contributed by atoms with E-state index in [9.17, 15) is 9.59 Å². The van der Waals surface area contributed by atoms with Crippen LogP contribution in [0.4, 0.5) is 0 Å². The minimum absolute atomic E-state index is 0.346. The van der Waals surface area contributed by atoms with Crippen LogP contribution >= 0.6 is 11.8 Å². The zero-order valence-corrected chi connectivity index (χ0v) is 7.85. The SMILES string of the molecule is CSCC[C@](C)(N=C=O)C(=O)O. The molecule has 5 heteroatoms. The van der Waals surface area contributed by atoms with Crippen molar-refractivity contribution in [1.82, 2.24) is 0 Å². The van der Waals surface area contributed by atoms with Crippen LogP contribution in [-0.4, -0.2) is 34.7 Å². The molecule has 0 rings (SSSR count). The van der Waals surface area contributed by atoms with Crippen molar-refractivity contribution in [3.05, 3.63) is 0 Å². The fraction of sp³-hybridized carbons (Fsp3) is 0.714. The average molecular weight is 189 g/mol. The Morgan fingerprint density at radius 2 is 2.33 bits per heavy atom. The topological polar surface area (TPSA) is 66.7 Å². The maximum atomic E-state index is 10.6. The highest BCUT2D eigenvalue weighted by molar-refractivity contribution is 7.98. The predicted octanol–water partition coefficient (Wildman–Crippen LogP) is 0.919. The Balaban J connectivity index is 4.39. The summed E-state index contributed by atoms with van der Waals surface area (Å²) >= 11 is 1.52. The lowest BCUT2D eigenvalue weighted by Gasteiger charge is -2.16. The van der Waals surface area contributed by atoms with Crippen LogP contribution in [0.15, 0.2) is 4.99 Å². The third-order valence-corrected chi connectivity index (χ3v) is 2.16. The zero-order chi connectivity index (χ0) is 9.61. The number of carbonyl (C=O) groups excluding carboxylic acids is 1. The summed E-state index contributed by atoms with van der Waals surface area (Å²) in [5.74, 6) is -0.423. The minimum Gasteiger partial charge on any atom is -0.479 e. The number of aliphatic imine (C=N–C) groups is 1. The Morgan fingerprint density at radius 1 is 1.75 bits per heavy atom. The summed E-state index contributed by atoms with van der Waals surface area (Å²) in [4.78, 5) is 23.8. The molecule has 1 N–H and O–H groups in total. The molecule has 0 amide bonds. The molecule has 0 saturated carbocycles. The van der Waals surface area contributed by atoms with Crippen LogP contribution in [0.25, 0.3) is 0 Å². The van der Waals surface area contributed by atoms with Crippen LogP contribution in [0.3, 0.4) is 0 Å². The van der Waals surface area contributed by atoms with Crippen molar-refractivity contribution in [3.8, 4) is 0 Å². The van der Waals surface area contributed by atoms with Crippen molar-refractivity contribution in [3.63, 3.8) is 0 Å². The molecule has 0 heterocycles. The summed E-state index contributed by atoms with van der Waals surface area (Å²) in [6.45, 7) is 1.41. The number of hydrogen-bond acceptors (Lipinski definition) is 4. The molecule has 0 aliphatic heterocycles. The van der Waals surface area contributed by atoms with Gasteiger partial charge in [0, 0.05) is 0 Å². The van der Waals surface area contributed by atoms with Gasteiger partial charge < -0.3 is 5.11 Å². The van der Waals surface area contributed by atoms with Gasteiger partial charge in [-0.3, -0.25) is 0 Å². The van der Waals surface area contributed by atoms with E-state index in [1.165, 1.54) is 24.8 Å². The molecule has 1 atom stereocenters. The maximum absolute atomic E-state index is 10.6. The summed E-state index contributed by atoms with van der Waals surface area (Å²) in [5.41, 5.74) is -1.30. The van der Waals surface area contributed by atoms with Gasteiger partial charge in [-0.1, -0.05) is 0 Å². The Kier molecular flexibility index (Phi) is 4.62. The second kappa shape index (κ2) is 4.95. The van der Waals surface area contributed by atoms with Crippen molar-refractivity contribution in [1.29, 1.82) is 0 Å². The van der Waals surface area contributed by atoms with Gasteiger partial charge in [0.1, 0.15) is 0 Å². The van der Waals surface area contributed by atoms with Gasteiger partial charge in [0.05, 0.1) is 0 Å². The van der Waals surface area contributed by atoms with Crippen LogP contribution in [0.2, 0.25) is 0 Å². The molecule has 0 aromatic heterocycles. The number of carboxylic acids is 1. The summed E-state index contributed by atoms with van der Waals surface area (Å²) in [5, 5.41) is 8.71. The van der Waals surface area contributed by atoms with Gasteiger partial charge in [-0.15, -0.1) is 0 Å². The predicted molar refractivity (Wildman–Crippen MR) is 47.2 cm³/mol. The Labute approximate surface area is 75.1 Å². The number of thioether (sulfide) groups is 1. The fourth-order valence-electron chi connectivity index (χ4n) is 0.612. The van der Waals surface area contributed by atoms with E-state index in [0.29, 0.717) is 12.2 Å². The zero-order valence-electron chi connectivity index (χ0n) is 7.03. The highest BCUT2D eigenvalue weighted by Gasteiger charge is 2.31. The standard InChI is InChI=1S/C7H11NO3S/c1-7(6(10)11,8-5-9)3-4-12-2/h3-4H2,1-2H3,(H,10,11)/t7-/m0/s1. The Bertz CT molecular complexity index is 209. The molecule has 0 aromatic rings. The highest BCUT2D eigenvalue weighted by atomic mass is 32.2. The van der Waals surface area contributed by atoms with Crippen LogP contribution < -0.4 is 0 Å². The lowest BCUT2D eigenvalue weighted by molar-refractivity contribution is -0.142. The summed E-state index contributed by atoms with van der Waals surface area (Å²) in [6.07, 6.45) is 3.50. The minimum atomic E-state index is -1.30. The number of carbonyl (C=O) groups is 1. The monoisotopic (exact) mass is 189 g/mol. The fourth-order valence-corrected chi connectivity index (χ4v) is 1.21. The second-order valence-electron chi connectivity index (χ2n) is 2.52. The molecule has 0 fully saturated rings. The van der Waals surface area contributed by atoms with E-state index in [4.69, 9.17) is 5.11 Å². The number of isocyanates is 1. The first-order chi connectivity index (χ1) is 5.56. The summed E-state index contributed by atoms with van der Waals surface area (Å²) in [6, 6.07) is 0. The first-order valence-electron chi connectivity index (χ1n) is 3.38. The van der Waals surface area contributed by atoms with E-state index in [1.807, 2.05) is 6.26 Å². The van der Waals surface area contributed by atoms with E-state index >= 15 is 0 Å². The van der Waals surface area contributed by atoms with Gasteiger partial charge in [0.25, 0.3) is 0 Å². The number of rotatable bonds is 5. The van der Waals surface area contributed by atoms with E-state index in [1.54, 1.807) is 0 Å². The highest BCUT2D eigenvalue weighted by Crippen LogP contribution is 2.17. The Hall–Kier alpha value is -0.800. The van der Waals surface area contributed by atoms with Gasteiger partial charge in [-0.25, -0.2) is 9.59 Å². The van der Waals surface area contributed by atoms with E-state index < -0.39 is 11.5 Å². The molecule has 0 aliphatic rings. The molecule has 0 spiro atoms. The van der Waals surface area contributed by atoms with E-state index in [2.05, 4.69) is 4.99 Å². The molecule has 0 aliphatic carbocycles. The molecule has 12 heavy (non-hydrogen) atoms. The number of aliphatic carboxylic acids is 1. The van der Waals surface area contributed by atoms with Crippen LogP contribution in [-0.2, 0) is 9.59 Å². The van der Waals surface area contributed by atoms with Crippen molar-refractivity contribution in [2.75, 3.05) is 12.0 Å². The number of hydrogen-bond donors (Lipinski definition) is 1. The van der Waals surface area contributed by atoms with Gasteiger partial charge in [-0.05, 0) is 25.4 Å². The normalized spacial score (nSPS) is 14.5. The largest absolute Gasteiger partial charge is 0.479 e. The van der Waals surface area contributed by atoms with Crippen LogP contribution in [0, 0.1) is 0 Å². The average Bonchev–Trinajstić information content (AvgIpc) is 2.01. The first-order valence-corrected chi connectivity index (χ1v) is 4.77. The van der Waals surface area contributed by atoms with Gasteiger partial charge in [0.2, 0.25) is 6.08 Å². The van der Waals surface area contributed by atoms with Gasteiger partial charge >= 0.3 is 5.97 Å². The maximum Gasteiger partial charge on any atom is 0.332 e. The molecule has 0 aromatic carbocycles. The third kappa shape index (κ3) is 3.07. The Morgan fingerprint density at radius 3 is 2.67 bits per heavy atom. The molecule has 0 saturated heterocycles. The van der Waals surface area contributed by atoms with Gasteiger partial charge in [0.15, 0.2) is 5.54 Å². The first kappa shape index (κ1) is 11.2. The number of carboxylic acid groups (broad SMARTS) is 1. The molecule has 0 radical (unpaired) electrons. The molecule has 0 bridgehead atoms. The van der Waals surface area contributed by atoms with Crippen molar-refractivity contribution in [2.24, 2.45) is 4.99 Å². The molecule has 68 valence electrons. The van der Waals surface area contributed by atoms with Gasteiger partial charge in [-0.2, -0.15) is 16.8 Å². The van der Waals surface area contributed by atoms with Crippen LogP contribution in [0.1, 0.15) is 13.3 Å². The molecule has 4 nitrogen and oxygen atoms in total. The van der Waals surface area contributed by atoms with Crippen molar-refractivity contribution in [2.45, 2.75) is 18.9 Å². The molecular weight excluding hydrogens is 178 g/mol. The quantitative estimate of drug-likeness (QED) is 0.516. The lowest BCUT2D eigenvalue weighted by atomic mass is 10.0. The summed E-state index contributed by atoms with van der Waals surface area (Å²) in [7, 11) is 0. The summed E-state index contributed by atoms with van der Waals surface area (Å²) < 4.78 is 0. The van der Waals surface area contributed by atoms with Crippen LogP contribution in [0.5, 0.6) is 0 Å². The second-order valence-corrected chi connectivity index (χ2v) is 3.51. The van der Waals surface area contributed by atoms with E-state index in [-0.39, 0.29) is 0 Å². The molecule has 0 unspecified atom stereocenters. The lowest BCUT2D eigenvalue weighted by Crippen LogP contribution is -2.33. The molecular formula is C7H11NO3S. The number of nitrogens with zero attached hydrogens (tertiary/aromatic N) is 1. The van der Waals surface area contributed by atoms with Crippen molar-refractivity contribution < 1.29 is 14.7 Å². The van der Waals surface area contributed by atoms with Crippen molar-refractivity contribution >= 4 is 23.8 Å². The van der Waals surface area contributed by atoms with E-state index in [0.717, 1.165) is 0 Å².